The Morgan fingerprint density at radius 1 is 0.302 bits per heavy atom. The lowest BCUT2D eigenvalue weighted by Gasteiger charge is -2.34. The van der Waals surface area contributed by atoms with Crippen LogP contribution in [-0.4, -0.2) is 17.2 Å². The molecule has 2 nitrogen and oxygen atoms in total. The van der Waals surface area contributed by atoms with Crippen LogP contribution < -0.4 is 20.7 Å². The Bertz CT molecular complexity index is 2790. The Labute approximate surface area is 310 Å². The van der Waals surface area contributed by atoms with E-state index >= 15 is 0 Å². The van der Waals surface area contributed by atoms with Gasteiger partial charge in [-0.25, -0.2) is 0 Å². The Kier molecular flexibility index (Phi) is 7.31. The van der Waals surface area contributed by atoms with Gasteiger partial charge < -0.3 is 9.13 Å². The zero-order chi connectivity index (χ0) is 35.5. The van der Waals surface area contributed by atoms with E-state index < -0.39 is 8.07 Å². The van der Waals surface area contributed by atoms with Crippen LogP contribution in [0.4, 0.5) is 0 Å². The molecule has 3 heteroatoms. The molecule has 2 heterocycles. The van der Waals surface area contributed by atoms with E-state index in [2.05, 4.69) is 217 Å². The first-order valence-electron chi connectivity index (χ1n) is 18.4. The number of para-hydroxylation sites is 1. The van der Waals surface area contributed by atoms with Gasteiger partial charge in [0.05, 0.1) is 22.1 Å². The second kappa shape index (κ2) is 12.4. The largest absolute Gasteiger partial charge is 0.309 e. The second-order valence-electron chi connectivity index (χ2n) is 14.3. The van der Waals surface area contributed by atoms with Crippen molar-refractivity contribution in [2.45, 2.75) is 13.8 Å². The zero-order valence-corrected chi connectivity index (χ0v) is 30.9. The summed E-state index contributed by atoms with van der Waals surface area (Å²) in [6, 6.07) is 72.5. The van der Waals surface area contributed by atoms with Crippen LogP contribution in [-0.2, 0) is 0 Å². The summed E-state index contributed by atoms with van der Waals surface area (Å²) in [5.41, 5.74) is 9.74. The fourth-order valence-electron chi connectivity index (χ4n) is 8.83. The van der Waals surface area contributed by atoms with Crippen LogP contribution in [0.2, 0.25) is 0 Å². The molecule has 0 amide bonds. The van der Waals surface area contributed by atoms with Crippen LogP contribution in [0.25, 0.3) is 55.0 Å². The Balaban J connectivity index is 1.32. The van der Waals surface area contributed by atoms with Gasteiger partial charge in [0.1, 0.15) is 0 Å². The van der Waals surface area contributed by atoms with Crippen LogP contribution >= 0.6 is 0 Å². The van der Waals surface area contributed by atoms with Crippen LogP contribution in [0.3, 0.4) is 0 Å². The number of fused-ring (bicyclic) bond motifs is 6. The van der Waals surface area contributed by atoms with Crippen molar-refractivity contribution in [3.63, 3.8) is 0 Å². The van der Waals surface area contributed by atoms with Gasteiger partial charge in [0.15, 0.2) is 8.07 Å². The summed E-state index contributed by atoms with van der Waals surface area (Å²) in [7, 11) is -2.74. The fraction of sp³-hybridized carbons (Fsp3) is 0.0400. The molecule has 0 N–H and O–H groups in total. The molecule has 53 heavy (non-hydrogen) atoms. The first-order chi connectivity index (χ1) is 26.1. The molecule has 0 spiro atoms. The Morgan fingerprint density at radius 2 is 0.679 bits per heavy atom. The second-order valence-corrected chi connectivity index (χ2v) is 18.1. The van der Waals surface area contributed by atoms with E-state index in [1.54, 1.807) is 0 Å². The van der Waals surface area contributed by atoms with E-state index in [9.17, 15) is 0 Å². The fourth-order valence-corrected chi connectivity index (χ4v) is 13.6. The average molecular weight is 695 g/mol. The van der Waals surface area contributed by atoms with Crippen LogP contribution in [0.1, 0.15) is 11.1 Å². The molecule has 0 aliphatic carbocycles. The van der Waals surface area contributed by atoms with Gasteiger partial charge in [0.2, 0.25) is 0 Å². The smallest absolute Gasteiger partial charge is 0.179 e. The molecule has 10 rings (SSSR count). The number of benzene rings is 8. The van der Waals surface area contributed by atoms with Crippen molar-refractivity contribution in [1.29, 1.82) is 0 Å². The van der Waals surface area contributed by atoms with Crippen LogP contribution in [0, 0.1) is 13.8 Å². The van der Waals surface area contributed by atoms with Gasteiger partial charge in [-0.3, -0.25) is 0 Å². The SMILES string of the molecule is Cc1ccc2c(c1)c1cc(C)ccc1n2-c1ccc2c(c1)c1cc([Si](c3ccccc3)(c3ccccc3)c3ccccc3)ccc1n2-c1ccccc1. The summed E-state index contributed by atoms with van der Waals surface area (Å²) >= 11 is 0. The number of nitrogens with zero attached hydrogens (tertiary/aromatic N) is 2. The molecule has 0 saturated carbocycles. The molecule has 0 aliphatic heterocycles. The molecule has 10 aromatic rings. The average Bonchev–Trinajstić information content (AvgIpc) is 3.71. The monoisotopic (exact) mass is 694 g/mol. The van der Waals surface area contributed by atoms with Crippen molar-refractivity contribution in [3.8, 4) is 11.4 Å². The number of hydrogen-bond donors (Lipinski definition) is 0. The lowest BCUT2D eigenvalue weighted by Crippen LogP contribution is -2.74. The van der Waals surface area contributed by atoms with Crippen molar-refractivity contribution in [2.75, 3.05) is 0 Å². The van der Waals surface area contributed by atoms with Crippen molar-refractivity contribution >= 4 is 72.4 Å². The first-order valence-corrected chi connectivity index (χ1v) is 20.4. The van der Waals surface area contributed by atoms with Crippen molar-refractivity contribution < 1.29 is 0 Å². The number of aryl methyl sites for hydroxylation is 2. The Hall–Kier alpha value is -6.42. The molecular weight excluding hydrogens is 657 g/mol. The van der Waals surface area contributed by atoms with Crippen LogP contribution in [0.5, 0.6) is 0 Å². The van der Waals surface area contributed by atoms with E-state index in [-0.39, 0.29) is 0 Å². The minimum absolute atomic E-state index is 1.16. The third-order valence-electron chi connectivity index (χ3n) is 11.2. The minimum atomic E-state index is -2.74. The van der Waals surface area contributed by atoms with E-state index in [1.165, 1.54) is 81.2 Å². The Morgan fingerprint density at radius 3 is 1.17 bits per heavy atom. The highest BCUT2D eigenvalue weighted by Crippen LogP contribution is 2.37. The standard InChI is InChI=1S/C50H38N2Si/c1-35-23-27-47-43(31-35)44-32-36(2)24-28-48(44)52(47)38-25-29-49-45(33-38)46-34-42(26-30-50(46)51(49)37-15-7-3-8-16-37)53(39-17-9-4-10-18-39,40-19-11-5-12-20-40)41-21-13-6-14-22-41/h3-34H,1-2H3. The third kappa shape index (κ3) is 4.85. The van der Waals surface area contributed by atoms with Crippen molar-refractivity contribution in [1.82, 2.24) is 9.13 Å². The molecule has 252 valence electrons. The van der Waals surface area contributed by atoms with Gasteiger partial charge in [-0.05, 0) is 95.3 Å². The summed E-state index contributed by atoms with van der Waals surface area (Å²) < 4.78 is 4.89. The quantitative estimate of drug-likeness (QED) is 0.121. The highest BCUT2D eigenvalue weighted by Gasteiger charge is 2.41. The summed E-state index contributed by atoms with van der Waals surface area (Å²) in [6.45, 7) is 4.37. The van der Waals surface area contributed by atoms with Gasteiger partial charge in [0, 0.05) is 32.9 Å². The molecule has 0 bridgehead atoms. The van der Waals surface area contributed by atoms with Gasteiger partial charge in [0.25, 0.3) is 0 Å². The van der Waals surface area contributed by atoms with Crippen molar-refractivity contribution in [2.24, 2.45) is 0 Å². The highest BCUT2D eigenvalue weighted by molar-refractivity contribution is 7.20. The molecule has 0 saturated heterocycles. The maximum atomic E-state index is 2.53. The molecule has 0 atom stereocenters. The first kappa shape index (κ1) is 31.3. The normalized spacial score (nSPS) is 12.0. The minimum Gasteiger partial charge on any atom is -0.309 e. The molecule has 0 radical (unpaired) electrons. The highest BCUT2D eigenvalue weighted by atomic mass is 28.3. The molecule has 0 unspecified atom stereocenters. The molecule has 0 aliphatic rings. The predicted octanol–water partition coefficient (Wildman–Crippen LogP) is 9.88. The molecule has 0 fully saturated rings. The maximum Gasteiger partial charge on any atom is 0.179 e. The number of rotatable bonds is 6. The number of aromatic nitrogens is 2. The maximum absolute atomic E-state index is 2.74. The van der Waals surface area contributed by atoms with Gasteiger partial charge >= 0.3 is 0 Å². The van der Waals surface area contributed by atoms with E-state index in [0.717, 1.165) is 5.69 Å². The summed E-state index contributed by atoms with van der Waals surface area (Å²) in [4.78, 5) is 0. The van der Waals surface area contributed by atoms with E-state index in [0.29, 0.717) is 0 Å². The topological polar surface area (TPSA) is 9.86 Å². The number of hydrogen-bond acceptors (Lipinski definition) is 0. The van der Waals surface area contributed by atoms with Crippen LogP contribution in [0.15, 0.2) is 194 Å². The summed E-state index contributed by atoms with van der Waals surface area (Å²) in [5.74, 6) is 0. The summed E-state index contributed by atoms with van der Waals surface area (Å²) in [6.07, 6.45) is 0. The van der Waals surface area contributed by atoms with Crippen molar-refractivity contribution in [3.05, 3.63) is 205 Å². The van der Waals surface area contributed by atoms with Gasteiger partial charge in [-0.2, -0.15) is 0 Å². The lowest BCUT2D eigenvalue weighted by atomic mass is 10.1. The van der Waals surface area contributed by atoms with E-state index in [4.69, 9.17) is 0 Å². The third-order valence-corrected chi connectivity index (χ3v) is 15.9. The van der Waals surface area contributed by atoms with Gasteiger partial charge in [-0.1, -0.05) is 145 Å². The predicted molar refractivity (Wildman–Crippen MR) is 228 cm³/mol. The van der Waals surface area contributed by atoms with Gasteiger partial charge in [-0.15, -0.1) is 0 Å². The summed E-state index contributed by atoms with van der Waals surface area (Å²) in [5, 5.41) is 10.6. The molecular formula is C50H38N2Si. The van der Waals surface area contributed by atoms with E-state index in [1.807, 2.05) is 0 Å². The zero-order valence-electron chi connectivity index (χ0n) is 29.9. The molecule has 8 aromatic carbocycles. The molecule has 2 aromatic heterocycles. The lowest BCUT2D eigenvalue weighted by molar-refractivity contribution is 1.16.